The fourth-order valence-corrected chi connectivity index (χ4v) is 4.15. The van der Waals surface area contributed by atoms with Crippen molar-refractivity contribution in [2.75, 3.05) is 26.2 Å². The number of amides is 1. The number of aliphatic hydroxyl groups is 1. The minimum Gasteiger partial charge on any atom is -0.507 e. The Hall–Kier alpha value is -4.04. The van der Waals surface area contributed by atoms with E-state index in [9.17, 15) is 19.1 Å². The first-order chi connectivity index (χ1) is 16.8. The van der Waals surface area contributed by atoms with Crippen molar-refractivity contribution in [3.63, 3.8) is 0 Å². The van der Waals surface area contributed by atoms with E-state index in [2.05, 4.69) is 0 Å². The Balaban J connectivity index is 1.96. The molecular formula is C26H21ClFNO6. The lowest BCUT2D eigenvalue weighted by Gasteiger charge is -2.26. The van der Waals surface area contributed by atoms with Crippen LogP contribution in [-0.4, -0.2) is 38.1 Å². The largest absolute Gasteiger partial charge is 0.507 e. The van der Waals surface area contributed by atoms with Crippen LogP contribution in [0.5, 0.6) is 17.2 Å². The average molecular weight is 498 g/mol. The number of halogens is 2. The Morgan fingerprint density at radius 2 is 1.57 bits per heavy atom. The van der Waals surface area contributed by atoms with Gasteiger partial charge >= 0.3 is 0 Å². The molecule has 0 aromatic heterocycles. The molecule has 1 fully saturated rings. The first-order valence-electron chi connectivity index (χ1n) is 10.4. The first kappa shape index (κ1) is 24.1. The molecule has 4 rings (SSSR count). The van der Waals surface area contributed by atoms with E-state index in [1.54, 1.807) is 36.4 Å². The second-order valence-electron chi connectivity index (χ2n) is 7.61. The zero-order valence-electron chi connectivity index (χ0n) is 19.0. The van der Waals surface area contributed by atoms with E-state index in [1.807, 2.05) is 0 Å². The number of Topliss-reactive ketones (excluding diaryl/α,β-unsaturated/α-hetero) is 1. The van der Waals surface area contributed by atoms with Crippen LogP contribution in [0.4, 0.5) is 10.1 Å². The van der Waals surface area contributed by atoms with Gasteiger partial charge in [0.2, 0.25) is 0 Å². The monoisotopic (exact) mass is 497 g/mol. The Morgan fingerprint density at radius 3 is 2.17 bits per heavy atom. The summed E-state index contributed by atoms with van der Waals surface area (Å²) in [7, 11) is 4.40. The van der Waals surface area contributed by atoms with Crippen molar-refractivity contribution in [2.45, 2.75) is 6.04 Å². The lowest BCUT2D eigenvalue weighted by Crippen LogP contribution is -2.29. The number of methoxy groups -OCH3 is 3. The van der Waals surface area contributed by atoms with Gasteiger partial charge < -0.3 is 19.3 Å². The van der Waals surface area contributed by atoms with Crippen molar-refractivity contribution in [3.05, 3.63) is 88.2 Å². The summed E-state index contributed by atoms with van der Waals surface area (Å²) >= 11 is 5.97. The summed E-state index contributed by atoms with van der Waals surface area (Å²) in [5, 5.41) is 11.1. The molecule has 3 aromatic carbocycles. The number of benzene rings is 3. The lowest BCUT2D eigenvalue weighted by atomic mass is 9.94. The number of carbonyl (C=O) groups is 2. The number of anilines is 1. The van der Waals surface area contributed by atoms with E-state index < -0.39 is 29.3 Å². The summed E-state index contributed by atoms with van der Waals surface area (Å²) in [6.07, 6.45) is 0. The molecule has 1 aliphatic heterocycles. The van der Waals surface area contributed by atoms with Crippen LogP contribution in [0.2, 0.25) is 5.02 Å². The molecule has 1 atom stereocenters. The molecular weight excluding hydrogens is 477 g/mol. The zero-order chi connectivity index (χ0) is 25.3. The van der Waals surface area contributed by atoms with Gasteiger partial charge in [-0.05, 0) is 48.0 Å². The number of ether oxygens (including phenoxy) is 3. The first-order valence-corrected chi connectivity index (χ1v) is 10.8. The second-order valence-corrected chi connectivity index (χ2v) is 8.01. The molecule has 0 aliphatic carbocycles. The van der Waals surface area contributed by atoms with Crippen LogP contribution in [0.1, 0.15) is 17.2 Å². The number of ketones is 1. The molecule has 1 unspecified atom stereocenters. The highest BCUT2D eigenvalue weighted by Crippen LogP contribution is 2.44. The van der Waals surface area contributed by atoms with E-state index in [0.29, 0.717) is 17.1 Å². The van der Waals surface area contributed by atoms with Gasteiger partial charge in [0, 0.05) is 11.8 Å². The molecule has 0 spiro atoms. The summed E-state index contributed by atoms with van der Waals surface area (Å²) in [6.45, 7) is 0. The number of hydrogen-bond donors (Lipinski definition) is 1. The van der Waals surface area contributed by atoms with Crippen molar-refractivity contribution in [1.82, 2.24) is 0 Å². The minimum atomic E-state index is -1.03. The Morgan fingerprint density at radius 1 is 0.914 bits per heavy atom. The zero-order valence-corrected chi connectivity index (χ0v) is 19.8. The third-order valence-corrected chi connectivity index (χ3v) is 6.01. The summed E-state index contributed by atoms with van der Waals surface area (Å²) < 4.78 is 29.6. The predicted octanol–water partition coefficient (Wildman–Crippen LogP) is 5.13. The fourth-order valence-electron chi connectivity index (χ4n) is 3.97. The molecule has 1 heterocycles. The number of aliphatic hydroxyl groups excluding tert-OH is 1. The number of nitrogens with zero attached hydrogens (tertiary/aromatic N) is 1. The van der Waals surface area contributed by atoms with Gasteiger partial charge in [-0.3, -0.25) is 14.5 Å². The molecule has 3 aromatic rings. The molecule has 1 aliphatic rings. The number of hydrogen-bond acceptors (Lipinski definition) is 6. The SMILES string of the molecule is COc1ccc(C2/C(=C(/O)c3ccc(OC)cc3OC)C(=O)C(=O)N2c2ccc(F)c(Cl)c2)cc1. The molecule has 35 heavy (non-hydrogen) atoms. The van der Waals surface area contributed by atoms with Crippen LogP contribution in [-0.2, 0) is 9.59 Å². The Kier molecular flexibility index (Phi) is 6.66. The van der Waals surface area contributed by atoms with E-state index >= 15 is 0 Å². The molecule has 1 N–H and O–H groups in total. The summed E-state index contributed by atoms with van der Waals surface area (Å²) in [5.41, 5.74) is 0.741. The lowest BCUT2D eigenvalue weighted by molar-refractivity contribution is -0.132. The highest BCUT2D eigenvalue weighted by atomic mass is 35.5. The molecule has 180 valence electrons. The standard InChI is InChI=1S/C26H21ClFNO6/c1-33-16-7-4-14(5-8-16)23-22(24(30)18-10-9-17(34-2)13-21(18)35-3)25(31)26(32)29(23)15-6-11-20(28)19(27)12-15/h4-13,23,30H,1-3H3/b24-22-. The summed E-state index contributed by atoms with van der Waals surface area (Å²) in [6, 6.07) is 14.0. The maximum absolute atomic E-state index is 13.8. The fraction of sp³-hybridized carbons (Fsp3) is 0.154. The smallest absolute Gasteiger partial charge is 0.300 e. The highest BCUT2D eigenvalue weighted by Gasteiger charge is 2.47. The van der Waals surface area contributed by atoms with E-state index in [4.69, 9.17) is 25.8 Å². The van der Waals surface area contributed by atoms with Crippen LogP contribution in [0.15, 0.2) is 66.2 Å². The van der Waals surface area contributed by atoms with E-state index in [-0.39, 0.29) is 27.6 Å². The number of carbonyl (C=O) groups excluding carboxylic acids is 2. The normalized spacial score (nSPS) is 16.9. The van der Waals surface area contributed by atoms with Crippen LogP contribution < -0.4 is 19.1 Å². The maximum atomic E-state index is 13.8. The van der Waals surface area contributed by atoms with Gasteiger partial charge in [-0.2, -0.15) is 0 Å². The maximum Gasteiger partial charge on any atom is 0.300 e. The highest BCUT2D eigenvalue weighted by molar-refractivity contribution is 6.51. The van der Waals surface area contributed by atoms with Crippen LogP contribution in [0.3, 0.4) is 0 Å². The Labute approximate surface area is 205 Å². The predicted molar refractivity (Wildman–Crippen MR) is 129 cm³/mol. The Bertz CT molecular complexity index is 1340. The van der Waals surface area contributed by atoms with Gasteiger partial charge in [-0.25, -0.2) is 4.39 Å². The number of rotatable bonds is 6. The van der Waals surface area contributed by atoms with Crippen LogP contribution >= 0.6 is 11.6 Å². The van der Waals surface area contributed by atoms with E-state index in [1.165, 1.54) is 44.4 Å². The summed E-state index contributed by atoms with van der Waals surface area (Å²) in [5.74, 6) is -1.63. The minimum absolute atomic E-state index is 0.163. The molecule has 0 saturated carbocycles. The second kappa shape index (κ2) is 9.68. The van der Waals surface area contributed by atoms with Crippen molar-refractivity contribution in [3.8, 4) is 17.2 Å². The van der Waals surface area contributed by atoms with Crippen molar-refractivity contribution in [2.24, 2.45) is 0 Å². The van der Waals surface area contributed by atoms with Gasteiger partial charge in [-0.15, -0.1) is 0 Å². The van der Waals surface area contributed by atoms with Gasteiger partial charge in [0.1, 0.15) is 28.8 Å². The summed E-state index contributed by atoms with van der Waals surface area (Å²) in [4.78, 5) is 27.7. The topological polar surface area (TPSA) is 85.3 Å². The average Bonchev–Trinajstić information content (AvgIpc) is 3.15. The van der Waals surface area contributed by atoms with Gasteiger partial charge in [0.05, 0.1) is 43.5 Å². The molecule has 1 amide bonds. The van der Waals surface area contributed by atoms with Crippen molar-refractivity contribution in [1.29, 1.82) is 0 Å². The van der Waals surface area contributed by atoms with Gasteiger partial charge in [-0.1, -0.05) is 23.7 Å². The molecule has 1 saturated heterocycles. The van der Waals surface area contributed by atoms with Crippen LogP contribution in [0, 0.1) is 5.82 Å². The van der Waals surface area contributed by atoms with Gasteiger partial charge in [0.25, 0.3) is 11.7 Å². The third-order valence-electron chi connectivity index (χ3n) is 5.72. The van der Waals surface area contributed by atoms with E-state index in [0.717, 1.165) is 6.07 Å². The van der Waals surface area contributed by atoms with Crippen molar-refractivity contribution >= 4 is 34.7 Å². The molecule has 0 radical (unpaired) electrons. The molecule has 9 heteroatoms. The van der Waals surface area contributed by atoms with Crippen molar-refractivity contribution < 1.29 is 33.3 Å². The van der Waals surface area contributed by atoms with Gasteiger partial charge in [0.15, 0.2) is 0 Å². The van der Waals surface area contributed by atoms with Crippen LogP contribution in [0.25, 0.3) is 5.76 Å². The molecule has 7 nitrogen and oxygen atoms in total. The molecule has 0 bridgehead atoms. The third kappa shape index (κ3) is 4.28. The quantitative estimate of drug-likeness (QED) is 0.289.